The van der Waals surface area contributed by atoms with Gasteiger partial charge in [-0.3, -0.25) is 9.59 Å². The van der Waals surface area contributed by atoms with E-state index in [9.17, 15) is 9.59 Å². The number of allylic oxidation sites excluding steroid dienone is 2. The molecule has 1 saturated heterocycles. The zero-order valence-corrected chi connectivity index (χ0v) is 15.1. The number of amides is 1. The molecule has 1 aromatic heterocycles. The number of aromatic nitrogens is 2. The van der Waals surface area contributed by atoms with Crippen molar-refractivity contribution in [2.75, 3.05) is 31.1 Å². The topological polar surface area (TPSA) is 58.4 Å². The standard InChI is InChI=1S/C20H24N4O2/c1-22-14-21-18-13-16(7-8-17(18)20(22)26)23-9-11-24(12-10-23)19(25)15-5-3-2-4-6-15/h2-3,7-8,13-15H,4-6,9-12H2,1H3. The lowest BCUT2D eigenvalue weighted by Crippen LogP contribution is -2.50. The molecular weight excluding hydrogens is 328 g/mol. The van der Waals surface area contributed by atoms with E-state index in [0.717, 1.165) is 56.6 Å². The third kappa shape index (κ3) is 3.11. The highest BCUT2D eigenvalue weighted by Gasteiger charge is 2.27. The van der Waals surface area contributed by atoms with Crippen molar-refractivity contribution in [2.45, 2.75) is 19.3 Å². The quantitative estimate of drug-likeness (QED) is 0.775. The molecule has 0 spiro atoms. The zero-order chi connectivity index (χ0) is 18.1. The van der Waals surface area contributed by atoms with E-state index in [4.69, 9.17) is 0 Å². The van der Waals surface area contributed by atoms with Crippen LogP contribution in [0.5, 0.6) is 0 Å². The monoisotopic (exact) mass is 352 g/mol. The number of aryl methyl sites for hydroxylation is 1. The van der Waals surface area contributed by atoms with Crippen LogP contribution in [0.2, 0.25) is 0 Å². The van der Waals surface area contributed by atoms with Gasteiger partial charge in [-0.15, -0.1) is 0 Å². The lowest BCUT2D eigenvalue weighted by atomic mass is 9.93. The summed E-state index contributed by atoms with van der Waals surface area (Å²) in [5, 5.41) is 0.637. The van der Waals surface area contributed by atoms with Crippen molar-refractivity contribution >= 4 is 22.5 Å². The molecule has 0 N–H and O–H groups in total. The van der Waals surface area contributed by atoms with E-state index >= 15 is 0 Å². The Bertz CT molecular complexity index is 910. The average Bonchev–Trinajstić information content (AvgIpc) is 2.71. The van der Waals surface area contributed by atoms with Gasteiger partial charge < -0.3 is 14.4 Å². The molecule has 1 aliphatic carbocycles. The molecule has 2 aliphatic rings. The van der Waals surface area contributed by atoms with Gasteiger partial charge in [0.2, 0.25) is 5.91 Å². The molecular formula is C20H24N4O2. The van der Waals surface area contributed by atoms with Crippen LogP contribution in [0.1, 0.15) is 19.3 Å². The number of carbonyl (C=O) groups excluding carboxylic acids is 1. The summed E-state index contributed by atoms with van der Waals surface area (Å²) in [6.45, 7) is 3.12. The van der Waals surface area contributed by atoms with Crippen molar-refractivity contribution in [2.24, 2.45) is 13.0 Å². The highest BCUT2D eigenvalue weighted by atomic mass is 16.2. The van der Waals surface area contributed by atoms with E-state index in [2.05, 4.69) is 22.0 Å². The normalized spacial score (nSPS) is 20.6. The Labute approximate surface area is 152 Å². The molecule has 0 bridgehead atoms. The molecule has 136 valence electrons. The molecule has 4 rings (SSSR count). The minimum atomic E-state index is -0.0292. The van der Waals surface area contributed by atoms with Gasteiger partial charge in [-0.1, -0.05) is 12.2 Å². The molecule has 1 aromatic carbocycles. The second-order valence-corrected chi connectivity index (χ2v) is 7.16. The van der Waals surface area contributed by atoms with Crippen molar-refractivity contribution in [1.82, 2.24) is 14.5 Å². The van der Waals surface area contributed by atoms with Crippen LogP contribution < -0.4 is 10.5 Å². The van der Waals surface area contributed by atoms with Crippen LogP contribution in [0.4, 0.5) is 5.69 Å². The summed E-state index contributed by atoms with van der Waals surface area (Å²) in [6.07, 6.45) is 8.73. The average molecular weight is 352 g/mol. The maximum Gasteiger partial charge on any atom is 0.260 e. The first-order valence-corrected chi connectivity index (χ1v) is 9.27. The predicted octanol–water partition coefficient (Wildman–Crippen LogP) is 1.94. The molecule has 1 atom stereocenters. The van der Waals surface area contributed by atoms with Crippen molar-refractivity contribution in [1.29, 1.82) is 0 Å². The van der Waals surface area contributed by atoms with E-state index < -0.39 is 0 Å². The Balaban J connectivity index is 1.45. The van der Waals surface area contributed by atoms with Gasteiger partial charge in [0.25, 0.3) is 5.56 Å². The summed E-state index contributed by atoms with van der Waals surface area (Å²) in [5.41, 5.74) is 1.75. The summed E-state index contributed by atoms with van der Waals surface area (Å²) in [5.74, 6) is 0.463. The van der Waals surface area contributed by atoms with Crippen LogP contribution in [0, 0.1) is 5.92 Å². The van der Waals surface area contributed by atoms with Gasteiger partial charge in [0.15, 0.2) is 0 Å². The zero-order valence-electron chi connectivity index (χ0n) is 15.1. The molecule has 26 heavy (non-hydrogen) atoms. The minimum Gasteiger partial charge on any atom is -0.368 e. The molecule has 0 saturated carbocycles. The van der Waals surface area contributed by atoms with Crippen LogP contribution in [0.3, 0.4) is 0 Å². The van der Waals surface area contributed by atoms with Crippen molar-refractivity contribution in [3.63, 3.8) is 0 Å². The van der Waals surface area contributed by atoms with Crippen LogP contribution >= 0.6 is 0 Å². The maximum absolute atomic E-state index is 12.7. The second-order valence-electron chi connectivity index (χ2n) is 7.16. The van der Waals surface area contributed by atoms with E-state index in [-0.39, 0.29) is 11.5 Å². The maximum atomic E-state index is 12.7. The number of benzene rings is 1. The number of hydrogen-bond acceptors (Lipinski definition) is 4. The van der Waals surface area contributed by atoms with Gasteiger partial charge in [0.05, 0.1) is 17.2 Å². The number of hydrogen-bond donors (Lipinski definition) is 0. The number of rotatable bonds is 2. The van der Waals surface area contributed by atoms with Crippen LogP contribution in [-0.4, -0.2) is 46.5 Å². The number of fused-ring (bicyclic) bond motifs is 1. The molecule has 6 nitrogen and oxygen atoms in total. The van der Waals surface area contributed by atoms with Crippen molar-refractivity contribution in [3.05, 3.63) is 47.0 Å². The minimum absolute atomic E-state index is 0.0292. The van der Waals surface area contributed by atoms with Gasteiger partial charge in [-0.25, -0.2) is 4.98 Å². The third-order valence-corrected chi connectivity index (χ3v) is 5.48. The first-order valence-electron chi connectivity index (χ1n) is 9.27. The van der Waals surface area contributed by atoms with E-state index in [1.165, 1.54) is 4.57 Å². The molecule has 1 amide bonds. The van der Waals surface area contributed by atoms with E-state index in [0.29, 0.717) is 11.3 Å². The van der Waals surface area contributed by atoms with Gasteiger partial charge in [-0.2, -0.15) is 0 Å². The fraction of sp³-hybridized carbons (Fsp3) is 0.450. The Morgan fingerprint density at radius 3 is 2.69 bits per heavy atom. The molecule has 2 aromatic rings. The summed E-state index contributed by atoms with van der Waals surface area (Å²) in [6, 6.07) is 5.81. The Morgan fingerprint density at radius 1 is 1.15 bits per heavy atom. The van der Waals surface area contributed by atoms with Crippen LogP contribution in [-0.2, 0) is 11.8 Å². The Morgan fingerprint density at radius 2 is 1.96 bits per heavy atom. The number of piperazine rings is 1. The molecule has 1 unspecified atom stereocenters. The summed E-state index contributed by atoms with van der Waals surface area (Å²) >= 11 is 0. The first-order chi connectivity index (χ1) is 12.6. The number of carbonyl (C=O) groups is 1. The largest absolute Gasteiger partial charge is 0.368 e. The summed E-state index contributed by atoms with van der Waals surface area (Å²) in [4.78, 5) is 33.5. The molecule has 0 radical (unpaired) electrons. The third-order valence-electron chi connectivity index (χ3n) is 5.48. The van der Waals surface area contributed by atoms with E-state index in [1.54, 1.807) is 13.4 Å². The van der Waals surface area contributed by atoms with Gasteiger partial charge in [0, 0.05) is 44.8 Å². The fourth-order valence-corrected chi connectivity index (χ4v) is 3.86. The molecule has 2 heterocycles. The van der Waals surface area contributed by atoms with Gasteiger partial charge >= 0.3 is 0 Å². The highest BCUT2D eigenvalue weighted by molar-refractivity contribution is 5.82. The predicted molar refractivity (Wildman–Crippen MR) is 102 cm³/mol. The SMILES string of the molecule is Cn1cnc2cc(N3CCN(C(=O)C4CC=CCC4)CC3)ccc2c1=O. The number of anilines is 1. The number of nitrogens with zero attached hydrogens (tertiary/aromatic N) is 4. The second kappa shape index (κ2) is 6.94. The first kappa shape index (κ1) is 16.8. The fourth-order valence-electron chi connectivity index (χ4n) is 3.86. The van der Waals surface area contributed by atoms with Gasteiger partial charge in [-0.05, 0) is 37.5 Å². The molecule has 6 heteroatoms. The molecule has 1 aliphatic heterocycles. The smallest absolute Gasteiger partial charge is 0.260 e. The Hall–Kier alpha value is -2.63. The molecule has 1 fully saturated rings. The summed E-state index contributed by atoms with van der Waals surface area (Å²) in [7, 11) is 1.71. The summed E-state index contributed by atoms with van der Waals surface area (Å²) < 4.78 is 1.49. The van der Waals surface area contributed by atoms with Crippen molar-refractivity contribution in [3.8, 4) is 0 Å². The van der Waals surface area contributed by atoms with Crippen molar-refractivity contribution < 1.29 is 4.79 Å². The van der Waals surface area contributed by atoms with Crippen LogP contribution in [0.15, 0.2) is 41.5 Å². The highest BCUT2D eigenvalue weighted by Crippen LogP contribution is 2.24. The Kier molecular flexibility index (Phi) is 4.49. The lowest BCUT2D eigenvalue weighted by molar-refractivity contribution is -0.136. The van der Waals surface area contributed by atoms with Crippen LogP contribution in [0.25, 0.3) is 10.9 Å². The van der Waals surface area contributed by atoms with E-state index in [1.807, 2.05) is 23.1 Å². The lowest BCUT2D eigenvalue weighted by Gasteiger charge is -2.37. The van der Waals surface area contributed by atoms with Gasteiger partial charge in [0.1, 0.15) is 0 Å².